The van der Waals surface area contributed by atoms with Crippen LogP contribution in [-0.4, -0.2) is 44.2 Å². The van der Waals surface area contributed by atoms with Gasteiger partial charge in [0.1, 0.15) is 17.5 Å². The summed E-state index contributed by atoms with van der Waals surface area (Å²) >= 11 is 1.58. The van der Waals surface area contributed by atoms with Crippen LogP contribution in [0.1, 0.15) is 6.42 Å². The molecule has 0 radical (unpaired) electrons. The minimum atomic E-state index is -0.732. The number of hydrogen-bond donors (Lipinski definition) is 3. The highest BCUT2D eigenvalue weighted by molar-refractivity contribution is 7.98. The molecule has 0 unspecified atom stereocenters. The van der Waals surface area contributed by atoms with E-state index in [-0.39, 0.29) is 5.91 Å². The molecule has 0 fully saturated rings. The van der Waals surface area contributed by atoms with Crippen molar-refractivity contribution in [3.8, 4) is 11.5 Å². The van der Waals surface area contributed by atoms with E-state index in [1.807, 2.05) is 6.26 Å². The van der Waals surface area contributed by atoms with Crippen LogP contribution in [0.15, 0.2) is 18.2 Å². The van der Waals surface area contributed by atoms with Crippen LogP contribution >= 0.6 is 11.8 Å². The molecule has 0 spiro atoms. The molecule has 0 aliphatic rings. The molecule has 1 aromatic rings. The lowest BCUT2D eigenvalue weighted by molar-refractivity contribution is -0.117. The summed E-state index contributed by atoms with van der Waals surface area (Å²) in [6.45, 7) is 0. The van der Waals surface area contributed by atoms with Crippen LogP contribution in [0, 0.1) is 0 Å². The van der Waals surface area contributed by atoms with Crippen LogP contribution in [-0.2, 0) is 4.79 Å². The maximum absolute atomic E-state index is 12.3. The van der Waals surface area contributed by atoms with Crippen molar-refractivity contribution in [2.45, 2.75) is 12.5 Å². The number of ether oxygens (including phenoxy) is 2. The van der Waals surface area contributed by atoms with Gasteiger partial charge in [0.15, 0.2) is 0 Å². The topological polar surface area (TPSA) is 103 Å². The fourth-order valence-corrected chi connectivity index (χ4v) is 2.26. The van der Waals surface area contributed by atoms with Gasteiger partial charge in [-0.3, -0.25) is 4.79 Å². The first-order valence-electron chi connectivity index (χ1n) is 6.59. The Morgan fingerprint density at radius 1 is 1.23 bits per heavy atom. The Labute approximate surface area is 133 Å². The predicted molar refractivity (Wildman–Crippen MR) is 87.7 cm³/mol. The van der Waals surface area contributed by atoms with Gasteiger partial charge in [0.25, 0.3) is 0 Å². The second kappa shape index (κ2) is 9.04. The predicted octanol–water partition coefficient (Wildman–Crippen LogP) is 1.43. The third kappa shape index (κ3) is 5.72. The number of primary amides is 1. The van der Waals surface area contributed by atoms with Gasteiger partial charge < -0.3 is 25.8 Å². The number of thioether (sulfide) groups is 1. The van der Waals surface area contributed by atoms with Gasteiger partial charge in [-0.2, -0.15) is 11.8 Å². The molecule has 0 heterocycles. The molecular formula is C14H21N3O4S. The van der Waals surface area contributed by atoms with Gasteiger partial charge in [0.05, 0.1) is 14.2 Å². The fraction of sp³-hybridized carbons (Fsp3) is 0.429. The van der Waals surface area contributed by atoms with Crippen LogP contribution in [0.4, 0.5) is 10.5 Å². The fourth-order valence-electron chi connectivity index (χ4n) is 1.79. The Kier molecular flexibility index (Phi) is 7.38. The van der Waals surface area contributed by atoms with Crippen LogP contribution in [0.5, 0.6) is 11.5 Å². The Hall–Kier alpha value is -2.09. The number of rotatable bonds is 8. The van der Waals surface area contributed by atoms with Crippen LogP contribution in [0.2, 0.25) is 0 Å². The summed E-state index contributed by atoms with van der Waals surface area (Å²) < 4.78 is 10.3. The first kappa shape index (κ1) is 18.0. The molecule has 0 aliphatic carbocycles. The van der Waals surface area contributed by atoms with Gasteiger partial charge in [-0.1, -0.05) is 0 Å². The van der Waals surface area contributed by atoms with Gasteiger partial charge in [-0.25, -0.2) is 4.79 Å². The molecule has 7 nitrogen and oxygen atoms in total. The summed E-state index contributed by atoms with van der Waals surface area (Å²) in [5.74, 6) is 1.49. The highest BCUT2D eigenvalue weighted by Gasteiger charge is 2.19. The van der Waals surface area contributed by atoms with E-state index in [4.69, 9.17) is 15.2 Å². The minimum Gasteiger partial charge on any atom is -0.497 e. The van der Waals surface area contributed by atoms with Crippen LogP contribution < -0.4 is 25.8 Å². The zero-order valence-corrected chi connectivity index (χ0v) is 13.7. The molecule has 0 aromatic heterocycles. The number of nitrogens with one attached hydrogen (secondary N) is 2. The smallest absolute Gasteiger partial charge is 0.312 e. The first-order chi connectivity index (χ1) is 10.5. The highest BCUT2D eigenvalue weighted by Crippen LogP contribution is 2.25. The summed E-state index contributed by atoms with van der Waals surface area (Å²) in [4.78, 5) is 23.3. The standard InChI is InChI=1S/C14H21N3O4S/c1-20-10-6-9(7-11(8-10)21-2)16-13(18)12(4-5-22-3)17-14(15)19/h6-8,12H,4-5H2,1-3H3,(H,16,18)(H3,15,17,19)/t12-/m1/s1. The molecule has 0 saturated heterocycles. The monoisotopic (exact) mass is 327 g/mol. The first-order valence-corrected chi connectivity index (χ1v) is 7.98. The molecule has 8 heteroatoms. The molecule has 122 valence electrons. The van der Waals surface area contributed by atoms with E-state index < -0.39 is 12.1 Å². The molecule has 1 atom stereocenters. The molecule has 1 aromatic carbocycles. The third-order valence-electron chi connectivity index (χ3n) is 2.86. The third-order valence-corrected chi connectivity index (χ3v) is 3.51. The Balaban J connectivity index is 2.85. The van der Waals surface area contributed by atoms with E-state index in [0.717, 1.165) is 5.75 Å². The average molecular weight is 327 g/mol. The zero-order chi connectivity index (χ0) is 16.5. The van der Waals surface area contributed by atoms with E-state index in [9.17, 15) is 9.59 Å². The number of urea groups is 1. The van der Waals surface area contributed by atoms with Crippen molar-refractivity contribution in [3.63, 3.8) is 0 Å². The lowest BCUT2D eigenvalue weighted by Gasteiger charge is -2.17. The van der Waals surface area contributed by atoms with Gasteiger partial charge >= 0.3 is 6.03 Å². The summed E-state index contributed by atoms with van der Waals surface area (Å²) in [7, 11) is 3.05. The van der Waals surface area contributed by atoms with E-state index in [2.05, 4.69) is 10.6 Å². The van der Waals surface area contributed by atoms with Crippen molar-refractivity contribution in [3.05, 3.63) is 18.2 Å². The van der Waals surface area contributed by atoms with E-state index in [1.165, 1.54) is 14.2 Å². The van der Waals surface area contributed by atoms with Crippen LogP contribution in [0.3, 0.4) is 0 Å². The van der Waals surface area contributed by atoms with Gasteiger partial charge in [0.2, 0.25) is 5.91 Å². The lowest BCUT2D eigenvalue weighted by atomic mass is 10.2. The van der Waals surface area contributed by atoms with Crippen LogP contribution in [0.25, 0.3) is 0 Å². The maximum atomic E-state index is 12.3. The molecule has 0 aliphatic heterocycles. The normalized spacial score (nSPS) is 11.4. The number of carbonyl (C=O) groups is 2. The Morgan fingerprint density at radius 3 is 2.27 bits per heavy atom. The lowest BCUT2D eigenvalue weighted by Crippen LogP contribution is -2.46. The van der Waals surface area contributed by atoms with Crippen molar-refractivity contribution in [1.29, 1.82) is 0 Å². The number of anilines is 1. The number of benzene rings is 1. The summed E-state index contributed by atoms with van der Waals surface area (Å²) in [6, 6.07) is 3.60. The van der Waals surface area contributed by atoms with Gasteiger partial charge in [0, 0.05) is 23.9 Å². The number of nitrogens with two attached hydrogens (primary N) is 1. The van der Waals surface area contributed by atoms with E-state index >= 15 is 0 Å². The van der Waals surface area contributed by atoms with E-state index in [1.54, 1.807) is 30.0 Å². The van der Waals surface area contributed by atoms with Gasteiger partial charge in [-0.05, 0) is 18.4 Å². The summed E-state index contributed by atoms with van der Waals surface area (Å²) in [5, 5.41) is 5.17. The summed E-state index contributed by atoms with van der Waals surface area (Å²) in [6.07, 6.45) is 2.41. The largest absolute Gasteiger partial charge is 0.497 e. The average Bonchev–Trinajstić information content (AvgIpc) is 2.50. The highest BCUT2D eigenvalue weighted by atomic mass is 32.2. The maximum Gasteiger partial charge on any atom is 0.312 e. The molecule has 22 heavy (non-hydrogen) atoms. The molecule has 0 saturated carbocycles. The zero-order valence-electron chi connectivity index (χ0n) is 12.8. The number of hydrogen-bond acceptors (Lipinski definition) is 5. The van der Waals surface area contributed by atoms with Crippen molar-refractivity contribution in [2.24, 2.45) is 5.73 Å². The molecule has 0 bridgehead atoms. The van der Waals surface area contributed by atoms with Crippen molar-refractivity contribution in [1.82, 2.24) is 5.32 Å². The number of amides is 3. The molecule has 4 N–H and O–H groups in total. The van der Waals surface area contributed by atoms with Crippen molar-refractivity contribution in [2.75, 3.05) is 31.5 Å². The number of methoxy groups -OCH3 is 2. The Bertz CT molecular complexity index is 503. The second-order valence-electron chi connectivity index (χ2n) is 4.43. The molecular weight excluding hydrogens is 306 g/mol. The number of carbonyl (C=O) groups excluding carboxylic acids is 2. The molecule has 3 amide bonds. The van der Waals surface area contributed by atoms with Crippen molar-refractivity contribution < 1.29 is 19.1 Å². The second-order valence-corrected chi connectivity index (χ2v) is 5.42. The van der Waals surface area contributed by atoms with Crippen molar-refractivity contribution >= 4 is 29.4 Å². The van der Waals surface area contributed by atoms with Gasteiger partial charge in [-0.15, -0.1) is 0 Å². The SMILES string of the molecule is COc1cc(NC(=O)[C@@H](CCSC)NC(N)=O)cc(OC)c1. The molecule has 1 rings (SSSR count). The van der Waals surface area contributed by atoms with E-state index in [0.29, 0.717) is 23.6 Å². The minimum absolute atomic E-state index is 0.344. The quantitative estimate of drug-likeness (QED) is 0.670. The Morgan fingerprint density at radius 2 is 1.82 bits per heavy atom. The summed E-state index contributed by atoms with van der Waals surface area (Å²) in [5.41, 5.74) is 5.63.